The van der Waals surface area contributed by atoms with Gasteiger partial charge in [-0.25, -0.2) is 13.4 Å². The van der Waals surface area contributed by atoms with E-state index in [-0.39, 0.29) is 5.75 Å². The zero-order valence-electron chi connectivity index (χ0n) is 16.9. The molecule has 0 spiro atoms. The van der Waals surface area contributed by atoms with Crippen LogP contribution in [0.1, 0.15) is 16.7 Å². The van der Waals surface area contributed by atoms with E-state index in [0.717, 1.165) is 33.6 Å². The van der Waals surface area contributed by atoms with Crippen molar-refractivity contribution in [3.63, 3.8) is 0 Å². The second kappa shape index (κ2) is 7.41. The van der Waals surface area contributed by atoms with Gasteiger partial charge in [0.1, 0.15) is 17.2 Å². The summed E-state index contributed by atoms with van der Waals surface area (Å²) in [5, 5.41) is 8.13. The average molecular weight is 441 g/mol. The molecule has 1 aliphatic rings. The zero-order valence-corrected chi connectivity index (χ0v) is 18.5. The molecule has 30 heavy (non-hydrogen) atoms. The molecule has 4 rings (SSSR count). The lowest BCUT2D eigenvalue weighted by Gasteiger charge is -2.18. The number of nitrogens with zero attached hydrogens (tertiary/aromatic N) is 3. The molecule has 8 heteroatoms. The first-order chi connectivity index (χ1) is 14.1. The summed E-state index contributed by atoms with van der Waals surface area (Å²) in [5.74, 6) is 0.617. The van der Waals surface area contributed by atoms with Gasteiger partial charge >= 0.3 is 0 Å². The first-order valence-corrected chi connectivity index (χ1v) is 11.7. The molecule has 2 aromatic heterocycles. The number of aryl methyl sites for hydroxylation is 2. The van der Waals surface area contributed by atoms with Crippen molar-refractivity contribution >= 4 is 33.3 Å². The second-order valence-corrected chi connectivity index (χ2v) is 10.1. The number of fused-ring (bicyclic) bond motifs is 1. The largest absolute Gasteiger partial charge is 0.340 e. The van der Waals surface area contributed by atoms with E-state index in [2.05, 4.69) is 17.0 Å². The Morgan fingerprint density at radius 1 is 1.23 bits per heavy atom. The van der Waals surface area contributed by atoms with Crippen molar-refractivity contribution in [3.8, 4) is 22.5 Å². The highest BCUT2D eigenvalue weighted by Gasteiger charge is 2.20. The van der Waals surface area contributed by atoms with E-state index in [9.17, 15) is 8.42 Å². The minimum absolute atomic E-state index is 0.0950. The van der Waals surface area contributed by atoms with Gasteiger partial charge in [0.2, 0.25) is 0 Å². The van der Waals surface area contributed by atoms with Crippen molar-refractivity contribution in [2.75, 3.05) is 11.6 Å². The number of aromatic nitrogens is 3. The van der Waals surface area contributed by atoms with Crippen LogP contribution < -0.4 is 5.32 Å². The summed E-state index contributed by atoms with van der Waals surface area (Å²) in [7, 11) is -1.35. The maximum absolute atomic E-state index is 11.8. The number of benzene rings is 1. The molecule has 1 aliphatic heterocycles. The predicted molar refractivity (Wildman–Crippen MR) is 122 cm³/mol. The number of pyridine rings is 1. The molecule has 0 bridgehead atoms. The van der Waals surface area contributed by atoms with Gasteiger partial charge in [0.15, 0.2) is 9.84 Å². The van der Waals surface area contributed by atoms with Crippen LogP contribution in [-0.4, -0.2) is 29.4 Å². The van der Waals surface area contributed by atoms with Gasteiger partial charge in [-0.1, -0.05) is 24.2 Å². The SMILES string of the molecule is C=C1C=Cc2cc(-c3cc(C)c(CS(C)(=O)=O)c(Cl)c3)c(-c3ccn(C)n3)nc2N1. The fraction of sp³-hybridized carbons (Fsp3) is 0.182. The van der Waals surface area contributed by atoms with E-state index in [4.69, 9.17) is 16.6 Å². The molecule has 6 nitrogen and oxygen atoms in total. The van der Waals surface area contributed by atoms with Crippen molar-refractivity contribution in [1.29, 1.82) is 0 Å². The number of hydrogen-bond donors (Lipinski definition) is 1. The minimum atomic E-state index is -3.20. The van der Waals surface area contributed by atoms with E-state index in [1.165, 1.54) is 6.26 Å². The molecule has 3 heterocycles. The quantitative estimate of drug-likeness (QED) is 0.641. The normalized spacial score (nSPS) is 13.3. The van der Waals surface area contributed by atoms with Crippen molar-refractivity contribution in [2.24, 2.45) is 7.05 Å². The van der Waals surface area contributed by atoms with E-state index in [0.29, 0.717) is 22.1 Å². The van der Waals surface area contributed by atoms with Crippen LogP contribution in [0.2, 0.25) is 5.02 Å². The average Bonchev–Trinajstić information content (AvgIpc) is 3.09. The van der Waals surface area contributed by atoms with Gasteiger partial charge in [-0.2, -0.15) is 5.10 Å². The van der Waals surface area contributed by atoms with E-state index in [1.807, 2.05) is 50.5 Å². The number of rotatable bonds is 4. The van der Waals surface area contributed by atoms with E-state index >= 15 is 0 Å². The maximum Gasteiger partial charge on any atom is 0.151 e. The Hall–Kier alpha value is -2.90. The highest BCUT2D eigenvalue weighted by atomic mass is 35.5. The number of nitrogens with one attached hydrogen (secondary N) is 1. The predicted octanol–water partition coefficient (Wildman–Crippen LogP) is 4.61. The summed E-state index contributed by atoms with van der Waals surface area (Å²) in [6, 6.07) is 7.67. The summed E-state index contributed by atoms with van der Waals surface area (Å²) in [6.45, 7) is 5.81. The van der Waals surface area contributed by atoms with Gasteiger partial charge in [0.25, 0.3) is 0 Å². The molecule has 0 unspecified atom stereocenters. The Morgan fingerprint density at radius 3 is 2.63 bits per heavy atom. The third kappa shape index (κ3) is 4.04. The summed E-state index contributed by atoms with van der Waals surface area (Å²) in [4.78, 5) is 4.83. The van der Waals surface area contributed by atoms with Crippen molar-refractivity contribution in [1.82, 2.24) is 14.8 Å². The molecule has 0 saturated heterocycles. The summed E-state index contributed by atoms with van der Waals surface area (Å²) >= 11 is 6.51. The maximum atomic E-state index is 11.8. The molecular formula is C22H21ClN4O2S. The number of anilines is 1. The van der Waals surface area contributed by atoms with Crippen LogP contribution >= 0.6 is 11.6 Å². The second-order valence-electron chi connectivity index (χ2n) is 7.50. The van der Waals surface area contributed by atoms with Crippen LogP contribution in [-0.2, 0) is 22.6 Å². The van der Waals surface area contributed by atoms with Gasteiger partial charge in [0, 0.05) is 41.3 Å². The number of sulfone groups is 1. The standard InChI is InChI=1S/C22H21ClN4O2S/c1-13-9-16(11-19(23)18(13)12-30(4,28)29)17-10-15-6-5-14(2)24-22(15)25-21(17)20-7-8-27(3)26-20/h5-11H,2,12H2,1,3-4H3,(H,24,25). The first kappa shape index (κ1) is 20.4. The van der Waals surface area contributed by atoms with Crippen LogP contribution in [0.25, 0.3) is 28.6 Å². The highest BCUT2D eigenvalue weighted by Crippen LogP contribution is 2.38. The van der Waals surface area contributed by atoms with Crippen molar-refractivity contribution in [2.45, 2.75) is 12.7 Å². The van der Waals surface area contributed by atoms with E-state index in [1.54, 1.807) is 10.7 Å². The Morgan fingerprint density at radius 2 is 2.00 bits per heavy atom. The van der Waals surface area contributed by atoms with Crippen molar-refractivity contribution < 1.29 is 8.42 Å². The number of allylic oxidation sites excluding steroid dienone is 1. The summed E-state index contributed by atoms with van der Waals surface area (Å²) < 4.78 is 25.3. The molecule has 154 valence electrons. The van der Waals surface area contributed by atoms with Gasteiger partial charge in [0.05, 0.1) is 5.75 Å². The van der Waals surface area contributed by atoms with Gasteiger partial charge in [-0.3, -0.25) is 4.68 Å². The van der Waals surface area contributed by atoms with Gasteiger partial charge < -0.3 is 5.32 Å². The molecule has 0 saturated carbocycles. The van der Waals surface area contributed by atoms with Crippen LogP contribution in [0.3, 0.4) is 0 Å². The van der Waals surface area contributed by atoms with Crippen LogP contribution in [0.4, 0.5) is 5.82 Å². The smallest absolute Gasteiger partial charge is 0.151 e. The third-order valence-electron chi connectivity index (χ3n) is 4.89. The number of hydrogen-bond acceptors (Lipinski definition) is 5. The van der Waals surface area contributed by atoms with E-state index < -0.39 is 9.84 Å². The molecular weight excluding hydrogens is 420 g/mol. The fourth-order valence-electron chi connectivity index (χ4n) is 3.47. The lowest BCUT2D eigenvalue weighted by atomic mass is 9.96. The number of halogens is 1. The Kier molecular flexibility index (Phi) is 5.03. The van der Waals surface area contributed by atoms with Gasteiger partial charge in [-0.15, -0.1) is 0 Å². The first-order valence-electron chi connectivity index (χ1n) is 9.27. The van der Waals surface area contributed by atoms with Crippen LogP contribution in [0.15, 0.2) is 48.8 Å². The minimum Gasteiger partial charge on any atom is -0.340 e. The van der Waals surface area contributed by atoms with Crippen LogP contribution in [0, 0.1) is 6.92 Å². The third-order valence-corrected chi connectivity index (χ3v) is 6.04. The summed E-state index contributed by atoms with van der Waals surface area (Å²) in [5.41, 5.74) is 6.26. The topological polar surface area (TPSA) is 76.9 Å². The van der Waals surface area contributed by atoms with Crippen LogP contribution in [0.5, 0.6) is 0 Å². The molecule has 0 aliphatic carbocycles. The molecule has 0 fully saturated rings. The molecule has 0 atom stereocenters. The molecule has 0 amide bonds. The molecule has 3 aromatic rings. The Balaban J connectivity index is 1.92. The lowest BCUT2D eigenvalue weighted by Crippen LogP contribution is -2.07. The van der Waals surface area contributed by atoms with Crippen molar-refractivity contribution in [3.05, 3.63) is 70.5 Å². The highest BCUT2D eigenvalue weighted by molar-refractivity contribution is 7.89. The summed E-state index contributed by atoms with van der Waals surface area (Å²) in [6.07, 6.45) is 6.91. The molecule has 1 aromatic carbocycles. The Bertz CT molecular complexity index is 1300. The molecule has 1 N–H and O–H groups in total. The van der Waals surface area contributed by atoms with Gasteiger partial charge in [-0.05, 0) is 54.0 Å². The monoisotopic (exact) mass is 440 g/mol. The molecule has 0 radical (unpaired) electrons. The fourth-order valence-corrected chi connectivity index (χ4v) is 4.79. The lowest BCUT2D eigenvalue weighted by molar-refractivity contribution is 0.601. The zero-order chi connectivity index (χ0) is 21.6. The Labute approximate surface area is 180 Å².